The monoisotopic (exact) mass is 138 g/mol. The van der Waals surface area contributed by atoms with Crippen LogP contribution in [0.1, 0.15) is 6.92 Å². The molecule has 0 amide bonds. The van der Waals surface area contributed by atoms with Gasteiger partial charge in [-0.05, 0) is 12.2 Å². The Kier molecular flexibility index (Phi) is 1.87. The third-order valence-corrected chi connectivity index (χ3v) is 1.39. The summed E-state index contributed by atoms with van der Waals surface area (Å²) in [6, 6.07) is 0. The van der Waals surface area contributed by atoms with E-state index in [2.05, 4.69) is 0 Å². The van der Waals surface area contributed by atoms with Crippen molar-refractivity contribution in [2.45, 2.75) is 13.1 Å². The molecule has 10 heavy (non-hydrogen) atoms. The highest BCUT2D eigenvalue weighted by Gasteiger charge is 2.09. The molecule has 3 nitrogen and oxygen atoms in total. The summed E-state index contributed by atoms with van der Waals surface area (Å²) in [5, 5.41) is 0. The minimum atomic E-state index is -0.102. The maximum atomic E-state index is 5.67. The van der Waals surface area contributed by atoms with Gasteiger partial charge in [0.2, 0.25) is 5.84 Å². The van der Waals surface area contributed by atoms with Crippen LogP contribution in [-0.2, 0) is 0 Å². The largest absolute Gasteiger partial charge is 0.291 e. The third kappa shape index (κ3) is 1.25. The molecular weight excluding hydrogens is 126 g/mol. The topological polar surface area (TPSA) is 55.0 Å². The molecule has 54 valence electrons. The molecule has 1 aliphatic heterocycles. The maximum Gasteiger partial charge on any atom is 0.245 e. The molecule has 1 aliphatic rings. The second kappa shape index (κ2) is 2.66. The van der Waals surface area contributed by atoms with Crippen LogP contribution in [0, 0.1) is 0 Å². The zero-order valence-electron chi connectivity index (χ0n) is 5.99. The van der Waals surface area contributed by atoms with Gasteiger partial charge in [0.25, 0.3) is 0 Å². The molecule has 0 aromatic rings. The van der Waals surface area contributed by atoms with Crippen molar-refractivity contribution in [2.24, 2.45) is 11.5 Å². The lowest BCUT2D eigenvalue weighted by Crippen LogP contribution is -2.36. The van der Waals surface area contributed by atoms with E-state index in [-0.39, 0.29) is 6.17 Å². The molecule has 4 N–H and O–H groups in total. The van der Waals surface area contributed by atoms with E-state index in [4.69, 9.17) is 11.5 Å². The molecule has 0 fully saturated rings. The van der Waals surface area contributed by atoms with Gasteiger partial charge in [-0.1, -0.05) is 6.08 Å². The van der Waals surface area contributed by atoms with Crippen molar-refractivity contribution >= 4 is 5.84 Å². The molecule has 0 bridgehead atoms. The van der Waals surface area contributed by atoms with Crippen molar-refractivity contribution in [3.63, 3.8) is 0 Å². The Morgan fingerprint density at radius 2 is 2.20 bits per heavy atom. The summed E-state index contributed by atoms with van der Waals surface area (Å²) in [5.41, 5.74) is 11.2. The van der Waals surface area contributed by atoms with Crippen LogP contribution in [0.3, 0.4) is 0 Å². The molecule has 0 aromatic carbocycles. The van der Waals surface area contributed by atoms with Crippen LogP contribution >= 0.6 is 0 Å². The van der Waals surface area contributed by atoms with E-state index < -0.39 is 0 Å². The van der Waals surface area contributed by atoms with Crippen LogP contribution in [0.2, 0.25) is 0 Å². The lowest BCUT2D eigenvalue weighted by Gasteiger charge is -2.10. The zero-order chi connectivity index (χ0) is 7.56. The van der Waals surface area contributed by atoms with E-state index in [1.54, 1.807) is 4.58 Å². The number of hydrogen-bond donors (Lipinski definition) is 2. The molecule has 0 aromatic heterocycles. The van der Waals surface area contributed by atoms with E-state index in [0.29, 0.717) is 5.84 Å². The van der Waals surface area contributed by atoms with Gasteiger partial charge in [0.15, 0.2) is 6.17 Å². The number of rotatable bonds is 0. The summed E-state index contributed by atoms with van der Waals surface area (Å²) in [6.07, 6.45) is 7.45. The normalized spacial score (nSPS) is 28.8. The SMILES string of the molecule is C/C(N)=[N+]1\C=CC=CC1N. The molecule has 0 aliphatic carbocycles. The molecule has 0 saturated carbocycles. The minimum Gasteiger partial charge on any atom is -0.291 e. The average molecular weight is 138 g/mol. The van der Waals surface area contributed by atoms with Crippen LogP contribution < -0.4 is 11.5 Å². The van der Waals surface area contributed by atoms with Gasteiger partial charge in [0.1, 0.15) is 0 Å². The van der Waals surface area contributed by atoms with Crippen molar-refractivity contribution in [3.8, 4) is 0 Å². The Morgan fingerprint density at radius 3 is 2.60 bits per heavy atom. The number of amidine groups is 1. The van der Waals surface area contributed by atoms with Gasteiger partial charge in [-0.15, -0.1) is 0 Å². The summed E-state index contributed by atoms with van der Waals surface area (Å²) in [6.45, 7) is 1.82. The number of nitrogens with zero attached hydrogens (tertiary/aromatic N) is 1. The first kappa shape index (κ1) is 7.02. The second-order valence-corrected chi connectivity index (χ2v) is 2.27. The molecule has 3 heteroatoms. The fourth-order valence-corrected chi connectivity index (χ4v) is 0.865. The molecule has 0 saturated heterocycles. The van der Waals surface area contributed by atoms with Crippen molar-refractivity contribution in [1.82, 2.24) is 0 Å². The lowest BCUT2D eigenvalue weighted by atomic mass is 10.3. The van der Waals surface area contributed by atoms with Crippen LogP contribution in [0.4, 0.5) is 0 Å². The highest BCUT2D eigenvalue weighted by Crippen LogP contribution is 1.95. The summed E-state index contributed by atoms with van der Waals surface area (Å²) in [7, 11) is 0. The van der Waals surface area contributed by atoms with E-state index in [1.807, 2.05) is 31.4 Å². The summed E-state index contributed by atoms with van der Waals surface area (Å²) >= 11 is 0. The predicted octanol–water partition coefficient (Wildman–Crippen LogP) is -0.256. The molecule has 0 spiro atoms. The van der Waals surface area contributed by atoms with Gasteiger partial charge in [-0.25, -0.2) is 4.58 Å². The van der Waals surface area contributed by atoms with Gasteiger partial charge in [-0.3, -0.25) is 11.5 Å². The second-order valence-electron chi connectivity index (χ2n) is 2.27. The van der Waals surface area contributed by atoms with Crippen LogP contribution in [0.5, 0.6) is 0 Å². The van der Waals surface area contributed by atoms with Crippen molar-refractivity contribution in [1.29, 1.82) is 0 Å². The molecule has 1 heterocycles. The molecule has 0 radical (unpaired) electrons. The smallest absolute Gasteiger partial charge is 0.245 e. The van der Waals surface area contributed by atoms with Gasteiger partial charge in [0, 0.05) is 6.92 Å². The molecule has 1 atom stereocenters. The first-order valence-corrected chi connectivity index (χ1v) is 3.20. The van der Waals surface area contributed by atoms with Gasteiger partial charge in [-0.2, -0.15) is 0 Å². The Morgan fingerprint density at radius 1 is 1.50 bits per heavy atom. The molecular formula is C7H12N3+. The maximum absolute atomic E-state index is 5.67. The Labute approximate surface area is 60.3 Å². The highest BCUT2D eigenvalue weighted by atomic mass is 15.1. The highest BCUT2D eigenvalue weighted by molar-refractivity contribution is 5.72. The summed E-state index contributed by atoms with van der Waals surface area (Å²) < 4.78 is 1.81. The molecule has 1 rings (SSSR count). The van der Waals surface area contributed by atoms with Crippen molar-refractivity contribution < 1.29 is 4.58 Å². The first-order valence-electron chi connectivity index (χ1n) is 3.20. The summed E-state index contributed by atoms with van der Waals surface area (Å²) in [4.78, 5) is 0. The van der Waals surface area contributed by atoms with Crippen molar-refractivity contribution in [2.75, 3.05) is 0 Å². The fraction of sp³-hybridized carbons (Fsp3) is 0.286. The molecule has 1 unspecified atom stereocenters. The fourth-order valence-electron chi connectivity index (χ4n) is 0.865. The first-order chi connectivity index (χ1) is 4.72. The standard InChI is InChI=1S/C7H11N3/c1-6(8)10-5-3-2-4-7(10)9/h2-5,7-8H,9H2,1H3/p+1. The van der Waals surface area contributed by atoms with Gasteiger partial charge < -0.3 is 0 Å². The number of hydrogen-bond acceptors (Lipinski definition) is 1. The lowest BCUT2D eigenvalue weighted by molar-refractivity contribution is -0.488. The Hall–Kier alpha value is -1.09. The van der Waals surface area contributed by atoms with Gasteiger partial charge in [0.05, 0.1) is 6.20 Å². The summed E-state index contributed by atoms with van der Waals surface area (Å²) in [5.74, 6) is 0.716. The van der Waals surface area contributed by atoms with Crippen LogP contribution in [0.25, 0.3) is 0 Å². The Bertz CT molecular complexity index is 209. The third-order valence-electron chi connectivity index (χ3n) is 1.39. The van der Waals surface area contributed by atoms with Crippen LogP contribution in [-0.4, -0.2) is 16.6 Å². The zero-order valence-corrected chi connectivity index (χ0v) is 5.99. The van der Waals surface area contributed by atoms with Crippen molar-refractivity contribution in [3.05, 3.63) is 24.4 Å². The quantitative estimate of drug-likeness (QED) is 0.358. The van der Waals surface area contributed by atoms with Gasteiger partial charge >= 0.3 is 0 Å². The average Bonchev–Trinajstić information content (AvgIpc) is 1.88. The Balaban J connectivity index is 2.91. The number of allylic oxidation sites excluding steroid dienone is 2. The minimum absolute atomic E-state index is 0.102. The van der Waals surface area contributed by atoms with Crippen LogP contribution in [0.15, 0.2) is 24.4 Å². The van der Waals surface area contributed by atoms with E-state index in [9.17, 15) is 0 Å². The predicted molar refractivity (Wildman–Crippen MR) is 41.4 cm³/mol. The van der Waals surface area contributed by atoms with E-state index in [1.165, 1.54) is 0 Å². The number of nitrogens with two attached hydrogens (primary N) is 2. The van der Waals surface area contributed by atoms with E-state index >= 15 is 0 Å². The van der Waals surface area contributed by atoms with E-state index in [0.717, 1.165) is 0 Å².